The number of rotatable bonds is 1. The third-order valence-corrected chi connectivity index (χ3v) is 1.94. The van der Waals surface area contributed by atoms with E-state index in [1.54, 1.807) is 24.3 Å². The predicted molar refractivity (Wildman–Crippen MR) is 59.6 cm³/mol. The minimum Gasteiger partial charge on any atom is -0.450 e. The molecule has 0 atom stereocenters. The van der Waals surface area contributed by atoms with E-state index >= 15 is 0 Å². The van der Waals surface area contributed by atoms with E-state index in [9.17, 15) is 9.59 Å². The van der Waals surface area contributed by atoms with Gasteiger partial charge in [0.25, 0.3) is 0 Å². The van der Waals surface area contributed by atoms with Crippen LogP contribution in [0.15, 0.2) is 24.3 Å². The normalized spacial score (nSPS) is 9.35. The van der Waals surface area contributed by atoms with Crippen molar-refractivity contribution < 1.29 is 23.9 Å². The monoisotopic (exact) mass is 239 g/mol. The average Bonchev–Trinajstić information content (AvgIpc) is 2.36. The molecule has 0 aliphatic heterocycles. The number of nitrogens with zero attached hydrogens (tertiary/aromatic N) is 1. The van der Waals surface area contributed by atoms with E-state index in [0.717, 1.165) is 12.7 Å². The zero-order chi connectivity index (χ0) is 12.8. The molecule has 0 saturated heterocycles. The number of amides is 1. The molecular weight excluding hydrogens is 226 g/mol. The predicted octanol–water partition coefficient (Wildman–Crippen LogP) is 2.27. The molecule has 1 aromatic rings. The average molecular weight is 239 g/mol. The molecule has 0 spiro atoms. The van der Waals surface area contributed by atoms with Crippen molar-refractivity contribution in [2.45, 2.75) is 6.92 Å². The number of hydrogen-bond donors (Lipinski definition) is 0. The number of hydroxylamine groups is 1. The first-order valence-electron chi connectivity index (χ1n) is 4.79. The highest BCUT2D eigenvalue weighted by atomic mass is 16.8. The van der Waals surface area contributed by atoms with Crippen LogP contribution >= 0.6 is 0 Å². The molecule has 92 valence electrons. The SMILES string of the molecule is COC(=O)ON(C(=O)OC)c1ccc(C)cc1. The van der Waals surface area contributed by atoms with E-state index in [1.807, 2.05) is 6.92 Å². The molecule has 1 aromatic carbocycles. The van der Waals surface area contributed by atoms with E-state index in [0.29, 0.717) is 10.8 Å². The summed E-state index contributed by atoms with van der Waals surface area (Å²) in [6.07, 6.45) is -1.82. The number of aryl methyl sites for hydroxylation is 1. The fourth-order valence-electron chi connectivity index (χ4n) is 1.07. The number of carbonyl (C=O) groups excluding carboxylic acids is 2. The quantitative estimate of drug-likeness (QED) is 0.555. The van der Waals surface area contributed by atoms with Gasteiger partial charge in [-0.15, -0.1) is 5.06 Å². The Morgan fingerprint density at radius 1 is 1.06 bits per heavy atom. The molecule has 0 radical (unpaired) electrons. The summed E-state index contributed by atoms with van der Waals surface area (Å²) < 4.78 is 8.81. The van der Waals surface area contributed by atoms with Gasteiger partial charge in [-0.05, 0) is 19.1 Å². The van der Waals surface area contributed by atoms with Crippen molar-refractivity contribution >= 4 is 17.9 Å². The van der Waals surface area contributed by atoms with Crippen LogP contribution in [0.25, 0.3) is 0 Å². The summed E-state index contributed by atoms with van der Waals surface area (Å²) in [6, 6.07) is 6.78. The highest BCUT2D eigenvalue weighted by Gasteiger charge is 2.21. The molecule has 0 aliphatic carbocycles. The lowest BCUT2D eigenvalue weighted by Gasteiger charge is -2.18. The number of hydrogen-bond acceptors (Lipinski definition) is 5. The lowest BCUT2D eigenvalue weighted by molar-refractivity contribution is 0.0572. The molecule has 0 aliphatic rings. The second-order valence-corrected chi connectivity index (χ2v) is 3.15. The molecule has 1 amide bonds. The van der Waals surface area contributed by atoms with Crippen LogP contribution in [0.5, 0.6) is 0 Å². The summed E-state index contributed by atoms with van der Waals surface area (Å²) in [7, 11) is 2.33. The Labute approximate surface area is 98.6 Å². The Balaban J connectivity index is 2.93. The summed E-state index contributed by atoms with van der Waals surface area (Å²) in [6.45, 7) is 1.90. The Hall–Kier alpha value is -2.24. The number of anilines is 1. The third kappa shape index (κ3) is 3.37. The molecule has 0 heterocycles. The fourth-order valence-corrected chi connectivity index (χ4v) is 1.07. The molecule has 6 nitrogen and oxygen atoms in total. The van der Waals surface area contributed by atoms with Crippen LogP contribution in [0.4, 0.5) is 15.3 Å². The van der Waals surface area contributed by atoms with Crippen molar-refractivity contribution in [1.29, 1.82) is 0 Å². The van der Waals surface area contributed by atoms with Gasteiger partial charge in [0.2, 0.25) is 0 Å². The Morgan fingerprint density at radius 3 is 2.12 bits per heavy atom. The minimum absolute atomic E-state index is 0.368. The standard InChI is InChI=1S/C11H13NO5/c1-8-4-6-9(7-5-8)12(10(13)15-2)17-11(14)16-3/h4-7H,1-3H3. The first kappa shape index (κ1) is 12.8. The van der Waals surface area contributed by atoms with E-state index in [1.165, 1.54) is 7.11 Å². The van der Waals surface area contributed by atoms with Crippen LogP contribution in [-0.2, 0) is 14.3 Å². The van der Waals surface area contributed by atoms with Crippen molar-refractivity contribution in [1.82, 2.24) is 0 Å². The molecule has 6 heteroatoms. The van der Waals surface area contributed by atoms with Gasteiger partial charge in [-0.3, -0.25) is 4.84 Å². The van der Waals surface area contributed by atoms with Crippen molar-refractivity contribution in [3.63, 3.8) is 0 Å². The second kappa shape index (κ2) is 5.74. The molecule has 17 heavy (non-hydrogen) atoms. The summed E-state index contributed by atoms with van der Waals surface area (Å²) in [5.41, 5.74) is 1.38. The highest BCUT2D eigenvalue weighted by molar-refractivity contribution is 5.87. The third-order valence-electron chi connectivity index (χ3n) is 1.94. The van der Waals surface area contributed by atoms with Gasteiger partial charge >= 0.3 is 12.2 Å². The van der Waals surface area contributed by atoms with Crippen LogP contribution in [-0.4, -0.2) is 26.5 Å². The van der Waals surface area contributed by atoms with Crippen molar-refractivity contribution in [3.05, 3.63) is 29.8 Å². The fraction of sp³-hybridized carbons (Fsp3) is 0.273. The van der Waals surface area contributed by atoms with Gasteiger partial charge < -0.3 is 9.47 Å². The van der Waals surface area contributed by atoms with Crippen molar-refractivity contribution in [2.24, 2.45) is 0 Å². The molecule has 0 unspecified atom stereocenters. The molecule has 0 N–H and O–H groups in total. The van der Waals surface area contributed by atoms with Crippen LogP contribution in [0.2, 0.25) is 0 Å². The lowest BCUT2D eigenvalue weighted by Crippen LogP contribution is -2.33. The second-order valence-electron chi connectivity index (χ2n) is 3.15. The maximum atomic E-state index is 11.4. The summed E-state index contributed by atoms with van der Waals surface area (Å²) >= 11 is 0. The maximum absolute atomic E-state index is 11.4. The van der Waals surface area contributed by atoms with Crippen LogP contribution in [0.3, 0.4) is 0 Å². The Kier molecular flexibility index (Phi) is 4.33. The zero-order valence-corrected chi connectivity index (χ0v) is 9.80. The van der Waals surface area contributed by atoms with Gasteiger partial charge in [-0.2, -0.15) is 0 Å². The van der Waals surface area contributed by atoms with Gasteiger partial charge in [-0.1, -0.05) is 17.7 Å². The van der Waals surface area contributed by atoms with Crippen molar-refractivity contribution in [2.75, 3.05) is 19.3 Å². The van der Waals surface area contributed by atoms with Crippen LogP contribution in [0.1, 0.15) is 5.56 Å². The van der Waals surface area contributed by atoms with Crippen LogP contribution < -0.4 is 5.06 Å². The van der Waals surface area contributed by atoms with E-state index < -0.39 is 12.2 Å². The minimum atomic E-state index is -1.00. The molecule has 0 saturated carbocycles. The summed E-state index contributed by atoms with van der Waals surface area (Å²) in [5, 5.41) is 0.714. The van der Waals surface area contributed by atoms with E-state index in [-0.39, 0.29) is 0 Å². The van der Waals surface area contributed by atoms with Gasteiger partial charge in [0.15, 0.2) is 0 Å². The van der Waals surface area contributed by atoms with E-state index in [4.69, 9.17) is 0 Å². The Morgan fingerprint density at radius 2 is 1.65 bits per heavy atom. The first-order chi connectivity index (χ1) is 8.08. The maximum Gasteiger partial charge on any atom is 0.533 e. The highest BCUT2D eigenvalue weighted by Crippen LogP contribution is 2.16. The van der Waals surface area contributed by atoms with Gasteiger partial charge in [0.1, 0.15) is 0 Å². The molecular formula is C11H13NO5. The smallest absolute Gasteiger partial charge is 0.450 e. The number of methoxy groups -OCH3 is 2. The molecule has 1 rings (SSSR count). The summed E-state index contributed by atoms with van der Waals surface area (Å²) in [5.74, 6) is 0. The Bertz CT molecular complexity index is 401. The van der Waals surface area contributed by atoms with Gasteiger partial charge in [0.05, 0.1) is 19.9 Å². The van der Waals surface area contributed by atoms with Gasteiger partial charge in [0, 0.05) is 0 Å². The molecule has 0 fully saturated rings. The largest absolute Gasteiger partial charge is 0.533 e. The summed E-state index contributed by atoms with van der Waals surface area (Å²) in [4.78, 5) is 27.1. The first-order valence-corrected chi connectivity index (χ1v) is 4.79. The number of benzene rings is 1. The topological polar surface area (TPSA) is 65.1 Å². The number of ether oxygens (including phenoxy) is 2. The van der Waals surface area contributed by atoms with Gasteiger partial charge in [-0.25, -0.2) is 9.59 Å². The lowest BCUT2D eigenvalue weighted by atomic mass is 10.2. The van der Waals surface area contributed by atoms with Crippen molar-refractivity contribution in [3.8, 4) is 0 Å². The molecule has 0 aromatic heterocycles. The molecule has 0 bridgehead atoms. The number of carbonyl (C=O) groups is 2. The van der Waals surface area contributed by atoms with Crippen LogP contribution in [0, 0.1) is 6.92 Å². The van der Waals surface area contributed by atoms with E-state index in [2.05, 4.69) is 14.3 Å². The zero-order valence-electron chi connectivity index (χ0n) is 9.80.